The number of hydrogen-bond donors (Lipinski definition) is 2. The minimum atomic E-state index is -1.49. The minimum Gasteiger partial charge on any atom is -0.492 e. The fourth-order valence-corrected chi connectivity index (χ4v) is 13.1. The second kappa shape index (κ2) is 10.0. The van der Waals surface area contributed by atoms with Crippen LogP contribution in [0.5, 0.6) is 0 Å². The van der Waals surface area contributed by atoms with E-state index in [0.717, 1.165) is 0 Å². The molecule has 19 atom stereocenters. The van der Waals surface area contributed by atoms with E-state index in [9.17, 15) is 29.4 Å². The van der Waals surface area contributed by atoms with Gasteiger partial charge in [0.05, 0.1) is 6.10 Å². The molecule has 0 aromatic rings. The summed E-state index contributed by atoms with van der Waals surface area (Å²) in [4.78, 5) is 53.1. The molecule has 2 aliphatic heterocycles. The van der Waals surface area contributed by atoms with Crippen LogP contribution in [0.1, 0.15) is 75.2 Å². The van der Waals surface area contributed by atoms with Crippen molar-refractivity contribution in [3.63, 3.8) is 0 Å². The Morgan fingerprint density at radius 1 is 0.851 bits per heavy atom. The summed E-state index contributed by atoms with van der Waals surface area (Å²) >= 11 is 0. The van der Waals surface area contributed by atoms with Crippen LogP contribution in [0.15, 0.2) is 12.3 Å². The summed E-state index contributed by atoms with van der Waals surface area (Å²) in [5, 5.41) is 24.4. The zero-order valence-electron chi connectivity index (χ0n) is 28.9. The van der Waals surface area contributed by atoms with E-state index in [0.29, 0.717) is 12.8 Å². The molecular formula is C36H50O11. The maximum atomic E-state index is 14.5. The molecule has 0 spiro atoms. The van der Waals surface area contributed by atoms with E-state index >= 15 is 0 Å². The average molecular weight is 659 g/mol. The van der Waals surface area contributed by atoms with Crippen molar-refractivity contribution in [2.45, 2.75) is 123 Å². The van der Waals surface area contributed by atoms with Gasteiger partial charge < -0.3 is 33.9 Å². The van der Waals surface area contributed by atoms with Crippen molar-refractivity contribution in [3.8, 4) is 0 Å². The predicted octanol–water partition coefficient (Wildman–Crippen LogP) is 2.98. The molecule has 5 saturated carbocycles. The number of carbonyl (C=O) groups is 4. The molecule has 7 rings (SSSR count). The van der Waals surface area contributed by atoms with E-state index in [1.807, 2.05) is 20.8 Å². The Morgan fingerprint density at radius 2 is 1.45 bits per heavy atom. The molecule has 2 heterocycles. The minimum absolute atomic E-state index is 0.0430. The molecule has 47 heavy (non-hydrogen) atoms. The van der Waals surface area contributed by atoms with Gasteiger partial charge in [-0.15, -0.1) is 0 Å². The highest BCUT2D eigenvalue weighted by atomic mass is 16.6. The molecule has 7 fully saturated rings. The number of fused-ring (bicyclic) bond motifs is 10. The summed E-state index contributed by atoms with van der Waals surface area (Å²) in [7, 11) is 0. The van der Waals surface area contributed by atoms with Crippen molar-refractivity contribution < 1.29 is 53.1 Å². The second-order valence-electron chi connectivity index (χ2n) is 16.8. The largest absolute Gasteiger partial charge is 0.492 e. The van der Waals surface area contributed by atoms with E-state index in [2.05, 4.69) is 20.4 Å². The molecule has 5 aliphatic carbocycles. The number of rotatable bonds is 3. The zero-order valence-corrected chi connectivity index (χ0v) is 28.9. The Hall–Kier alpha value is -2.50. The second-order valence-corrected chi connectivity index (χ2v) is 16.8. The van der Waals surface area contributed by atoms with Gasteiger partial charge >= 0.3 is 17.9 Å². The zero-order chi connectivity index (χ0) is 34.5. The predicted molar refractivity (Wildman–Crippen MR) is 164 cm³/mol. The van der Waals surface area contributed by atoms with Crippen molar-refractivity contribution in [3.05, 3.63) is 12.3 Å². The lowest BCUT2D eigenvalue weighted by Gasteiger charge is -2.65. The van der Waals surface area contributed by atoms with Crippen LogP contribution in [-0.4, -0.2) is 82.2 Å². The first-order chi connectivity index (χ1) is 21.7. The van der Waals surface area contributed by atoms with Crippen LogP contribution in [0.4, 0.5) is 0 Å². The van der Waals surface area contributed by atoms with Crippen molar-refractivity contribution in [1.82, 2.24) is 0 Å². The molecule has 2 unspecified atom stereocenters. The standard InChI is InChI=1S/C36H50O11/c1-13-11-21-35(9,36(10,42)15(3)43-21)26-23(13)34(8)25(30(26)44-16(4)37)22-24(14(2)31(34)45-17(5)38)33(7)19(27(40)28(22)41)12-20-29(47-20)32(33)46-18(6)39/h13-14,19-26,28-32,41-42H,3,11-12H2,1-2,4-10H3/t13-,14?,19-,20+,21+,22-,23+,24?,25-,26+,28-,29+,30-,31+,32+,33+,34-,35+,36-/m1/s1. The summed E-state index contributed by atoms with van der Waals surface area (Å²) < 4.78 is 31.0. The Morgan fingerprint density at radius 3 is 2.04 bits per heavy atom. The molecule has 7 aliphatic rings. The molecule has 0 radical (unpaired) electrons. The molecule has 0 amide bonds. The number of epoxide rings is 1. The topological polar surface area (TPSA) is 158 Å². The van der Waals surface area contributed by atoms with Crippen LogP contribution in [0.25, 0.3) is 0 Å². The van der Waals surface area contributed by atoms with E-state index in [-0.39, 0.29) is 35.6 Å². The van der Waals surface area contributed by atoms with Gasteiger partial charge in [0.2, 0.25) is 0 Å². The van der Waals surface area contributed by atoms with Gasteiger partial charge in [0.1, 0.15) is 48.0 Å². The molecule has 0 aromatic heterocycles. The third-order valence-corrected chi connectivity index (χ3v) is 14.8. The molecule has 11 nitrogen and oxygen atoms in total. The Bertz CT molecular complexity index is 1440. The van der Waals surface area contributed by atoms with E-state index in [4.69, 9.17) is 23.7 Å². The number of carbonyl (C=O) groups excluding carboxylic acids is 4. The van der Waals surface area contributed by atoms with Crippen LogP contribution in [0.2, 0.25) is 0 Å². The highest BCUT2D eigenvalue weighted by Gasteiger charge is 2.82. The maximum Gasteiger partial charge on any atom is 0.303 e. The lowest BCUT2D eigenvalue weighted by Crippen LogP contribution is -2.72. The van der Waals surface area contributed by atoms with Crippen molar-refractivity contribution in [2.75, 3.05) is 0 Å². The van der Waals surface area contributed by atoms with Gasteiger partial charge in [0.25, 0.3) is 0 Å². The smallest absolute Gasteiger partial charge is 0.303 e. The van der Waals surface area contributed by atoms with Crippen LogP contribution < -0.4 is 0 Å². The highest BCUT2D eigenvalue weighted by Crippen LogP contribution is 2.77. The number of aliphatic hydroxyl groups is 2. The number of Topliss-reactive ketones (excluding diaryl/α,β-unsaturated/α-hetero) is 1. The SMILES string of the molecule is C=C1O[C@H]2C[C@@H](C)[C@H]3[C@@H]([C@H](OC(C)=O)[C@H]4[C@H]5C(C(C)[C@H](OC(C)=O)[C@]34C)[C@]3(C)[C@H](C[C@@H]4O[C@@H]4[C@@H]3OC(C)=O)C(=O)[C@@H]5O)[C@@]2(C)[C@]1(C)O. The Kier molecular flexibility index (Phi) is 7.05. The third-order valence-electron chi connectivity index (χ3n) is 14.8. The van der Waals surface area contributed by atoms with Gasteiger partial charge in [0.15, 0.2) is 5.78 Å². The first-order valence-electron chi connectivity index (χ1n) is 17.2. The van der Waals surface area contributed by atoms with Gasteiger partial charge in [-0.1, -0.05) is 41.2 Å². The van der Waals surface area contributed by atoms with Crippen LogP contribution >= 0.6 is 0 Å². The number of hydrogen-bond acceptors (Lipinski definition) is 11. The first kappa shape index (κ1) is 33.0. The number of ether oxygens (including phenoxy) is 5. The average Bonchev–Trinajstić information content (AvgIpc) is 3.65. The number of esters is 3. The molecule has 0 bridgehead atoms. The third kappa shape index (κ3) is 3.91. The fraction of sp³-hybridized carbons (Fsp3) is 0.833. The van der Waals surface area contributed by atoms with E-state index in [1.54, 1.807) is 6.92 Å². The Labute approximate surface area is 276 Å². The van der Waals surface area contributed by atoms with Crippen LogP contribution in [0.3, 0.4) is 0 Å². The number of aliphatic hydroxyl groups excluding tert-OH is 1. The Balaban J connectivity index is 1.49. The van der Waals surface area contributed by atoms with Gasteiger partial charge in [-0.25, -0.2) is 0 Å². The van der Waals surface area contributed by atoms with Crippen LogP contribution in [-0.2, 0) is 42.9 Å². The molecule has 0 aromatic carbocycles. The summed E-state index contributed by atoms with van der Waals surface area (Å²) in [6.07, 6.45) is -3.87. The summed E-state index contributed by atoms with van der Waals surface area (Å²) in [6.45, 7) is 19.9. The van der Waals surface area contributed by atoms with E-state index in [1.165, 1.54) is 20.8 Å². The summed E-state index contributed by atoms with van der Waals surface area (Å²) in [5.74, 6) is -5.38. The van der Waals surface area contributed by atoms with Crippen molar-refractivity contribution >= 4 is 23.7 Å². The lowest BCUT2D eigenvalue weighted by atomic mass is 9.39. The molecule has 2 saturated heterocycles. The monoisotopic (exact) mass is 658 g/mol. The summed E-state index contributed by atoms with van der Waals surface area (Å²) in [6, 6.07) is 0. The molecule has 11 heteroatoms. The fourth-order valence-electron chi connectivity index (χ4n) is 13.1. The lowest BCUT2D eigenvalue weighted by molar-refractivity contribution is -0.253. The van der Waals surface area contributed by atoms with Gasteiger partial charge in [-0.3, -0.25) is 19.2 Å². The van der Waals surface area contributed by atoms with E-state index < -0.39 is 106 Å². The molecule has 2 N–H and O–H groups in total. The maximum absolute atomic E-state index is 14.5. The van der Waals surface area contributed by atoms with Crippen molar-refractivity contribution in [1.29, 1.82) is 0 Å². The quantitative estimate of drug-likeness (QED) is 0.261. The van der Waals surface area contributed by atoms with Gasteiger partial charge in [-0.2, -0.15) is 0 Å². The summed E-state index contributed by atoms with van der Waals surface area (Å²) in [5.41, 5.74) is -4.35. The highest BCUT2D eigenvalue weighted by molar-refractivity contribution is 5.88. The van der Waals surface area contributed by atoms with Gasteiger partial charge in [-0.05, 0) is 43.4 Å². The number of ketones is 1. The normalized spacial score (nSPS) is 56.8. The van der Waals surface area contributed by atoms with Crippen molar-refractivity contribution in [2.24, 2.45) is 63.6 Å². The van der Waals surface area contributed by atoms with Gasteiger partial charge in [0, 0.05) is 60.7 Å². The van der Waals surface area contributed by atoms with Crippen LogP contribution in [0, 0.1) is 63.6 Å². The first-order valence-corrected chi connectivity index (χ1v) is 17.2. The molecule has 260 valence electrons. The molecular weight excluding hydrogens is 608 g/mol.